The number of piperidine rings is 1. The van der Waals surface area contributed by atoms with Crippen LogP contribution in [-0.4, -0.2) is 47.4 Å². The Morgan fingerprint density at radius 1 is 1.26 bits per heavy atom. The first-order valence-electron chi connectivity index (χ1n) is 9.26. The molecule has 5 heterocycles. The second-order valence-electron chi connectivity index (χ2n) is 7.95. The molecule has 1 spiro atoms. The molecule has 1 aromatic rings. The number of ketones is 1. The summed E-state index contributed by atoms with van der Waals surface area (Å²) in [4.78, 5) is 40.8. The van der Waals surface area contributed by atoms with Gasteiger partial charge in [0.1, 0.15) is 23.1 Å². The molecule has 142 valence electrons. The van der Waals surface area contributed by atoms with Gasteiger partial charge < -0.3 is 18.8 Å². The van der Waals surface area contributed by atoms with Crippen LogP contribution in [0.1, 0.15) is 25.6 Å². The predicted octanol–water partition coefficient (Wildman–Crippen LogP) is 1.50. The Kier molecular flexibility index (Phi) is 3.30. The Hall–Kier alpha value is -2.41. The maximum absolute atomic E-state index is 13.6. The first kappa shape index (κ1) is 16.7. The number of carbonyl (C=O) groups is 3. The molecule has 0 aliphatic carbocycles. The van der Waals surface area contributed by atoms with E-state index in [1.54, 1.807) is 23.3 Å². The van der Waals surface area contributed by atoms with Gasteiger partial charge in [0.25, 0.3) is 0 Å². The Labute approximate surface area is 156 Å². The highest BCUT2D eigenvalue weighted by Gasteiger charge is 2.75. The molecule has 8 atom stereocenters. The van der Waals surface area contributed by atoms with Gasteiger partial charge in [0.15, 0.2) is 0 Å². The molecule has 0 aromatic carbocycles. The van der Waals surface area contributed by atoms with Gasteiger partial charge in [-0.3, -0.25) is 14.4 Å². The van der Waals surface area contributed by atoms with E-state index in [0.29, 0.717) is 5.76 Å². The number of fused-ring (bicyclic) bond motifs is 2. The minimum absolute atomic E-state index is 0.0717. The van der Waals surface area contributed by atoms with Crippen molar-refractivity contribution in [2.45, 2.75) is 37.6 Å². The average molecular weight is 371 g/mol. The number of hydrogen-bond donors (Lipinski definition) is 0. The Morgan fingerprint density at radius 3 is 2.70 bits per heavy atom. The number of esters is 1. The van der Waals surface area contributed by atoms with Crippen LogP contribution in [0.3, 0.4) is 0 Å². The van der Waals surface area contributed by atoms with Crippen LogP contribution in [0.15, 0.2) is 35.0 Å². The van der Waals surface area contributed by atoms with Crippen molar-refractivity contribution in [3.63, 3.8) is 0 Å². The average Bonchev–Trinajstić information content (AvgIpc) is 3.42. The highest BCUT2D eigenvalue weighted by Crippen LogP contribution is 2.60. The molecule has 0 saturated carbocycles. The van der Waals surface area contributed by atoms with Crippen molar-refractivity contribution in [1.29, 1.82) is 0 Å². The normalized spacial score (nSPS) is 44.6. The summed E-state index contributed by atoms with van der Waals surface area (Å²) in [6.45, 7) is 3.67. The third-order valence-electron chi connectivity index (χ3n) is 6.82. The molecule has 1 aromatic heterocycles. The molecule has 7 nitrogen and oxygen atoms in total. The first-order chi connectivity index (χ1) is 12.9. The lowest BCUT2D eigenvalue weighted by molar-refractivity contribution is -0.157. The van der Waals surface area contributed by atoms with Gasteiger partial charge in [-0.25, -0.2) is 0 Å². The first-order valence-corrected chi connectivity index (χ1v) is 9.26. The van der Waals surface area contributed by atoms with Crippen molar-refractivity contribution >= 4 is 17.7 Å². The second-order valence-corrected chi connectivity index (χ2v) is 7.95. The van der Waals surface area contributed by atoms with Gasteiger partial charge in [0, 0.05) is 11.8 Å². The van der Waals surface area contributed by atoms with E-state index < -0.39 is 53.4 Å². The molecule has 2 bridgehead atoms. The molecule has 7 heteroatoms. The van der Waals surface area contributed by atoms with Gasteiger partial charge in [-0.15, -0.1) is 0 Å². The Balaban J connectivity index is 1.67. The number of Topliss-reactive ketones (excluding diaryl/α,β-unsaturated/α-hetero) is 1. The number of hydrogen-bond acceptors (Lipinski definition) is 6. The number of amides is 1. The topological polar surface area (TPSA) is 86.1 Å². The number of rotatable bonds is 2. The molecular formula is C20H21NO6. The number of methoxy groups -OCH3 is 1. The Morgan fingerprint density at radius 2 is 2.04 bits per heavy atom. The summed E-state index contributed by atoms with van der Waals surface area (Å²) in [5, 5.41) is 0. The van der Waals surface area contributed by atoms with Gasteiger partial charge in [-0.1, -0.05) is 26.0 Å². The largest absolute Gasteiger partial charge is 0.469 e. The summed E-state index contributed by atoms with van der Waals surface area (Å²) in [5.41, 5.74) is -0.972. The summed E-state index contributed by atoms with van der Waals surface area (Å²) in [6, 6.07) is 2.56. The molecule has 27 heavy (non-hydrogen) atoms. The molecule has 0 N–H and O–H groups in total. The summed E-state index contributed by atoms with van der Waals surface area (Å²) in [5.74, 6) is -2.15. The van der Waals surface area contributed by atoms with E-state index >= 15 is 0 Å². The third kappa shape index (κ3) is 1.83. The van der Waals surface area contributed by atoms with Gasteiger partial charge in [-0.05, 0) is 12.1 Å². The van der Waals surface area contributed by atoms with E-state index in [4.69, 9.17) is 13.9 Å². The predicted molar refractivity (Wildman–Crippen MR) is 91.2 cm³/mol. The van der Waals surface area contributed by atoms with E-state index in [1.165, 1.54) is 7.11 Å². The zero-order chi connectivity index (χ0) is 19.1. The van der Waals surface area contributed by atoms with Crippen LogP contribution >= 0.6 is 0 Å². The van der Waals surface area contributed by atoms with Gasteiger partial charge in [0.2, 0.25) is 5.91 Å². The lowest BCUT2D eigenvalue weighted by Crippen LogP contribution is -2.58. The zero-order valence-electron chi connectivity index (χ0n) is 15.3. The molecule has 0 radical (unpaired) electrons. The highest BCUT2D eigenvalue weighted by molar-refractivity contribution is 5.96. The van der Waals surface area contributed by atoms with Crippen molar-refractivity contribution in [3.05, 3.63) is 36.3 Å². The number of furan rings is 1. The molecule has 5 rings (SSSR count). The SMILES string of the molecule is COC(=O)[C@@H]1[C@H]2C(=O)N3[C@@H](c4ccco4)[C@@H](C)C(=O)[C@H](C)[C@@H]3[C@]23C=C[C@H]1O3. The smallest absolute Gasteiger partial charge is 0.312 e. The van der Waals surface area contributed by atoms with Crippen molar-refractivity contribution in [1.82, 2.24) is 4.90 Å². The quantitative estimate of drug-likeness (QED) is 0.578. The van der Waals surface area contributed by atoms with E-state index in [1.807, 2.05) is 26.0 Å². The monoisotopic (exact) mass is 371 g/mol. The standard InChI is InChI=1S/C20H21NO6/c1-9-15(12-5-4-8-26-12)21-17(10(2)16(9)22)20-7-6-11(27-20)13(19(24)25-3)14(20)18(21)23/h4-11,13-15,17H,1-3H3/t9-,10+,11-,13+,14+,15-,17-,20+/m1/s1. The van der Waals surface area contributed by atoms with Crippen LogP contribution in [0.4, 0.5) is 0 Å². The molecular weight excluding hydrogens is 350 g/mol. The van der Waals surface area contributed by atoms with Crippen LogP contribution in [0.2, 0.25) is 0 Å². The third-order valence-corrected chi connectivity index (χ3v) is 6.82. The van der Waals surface area contributed by atoms with Crippen LogP contribution in [0.25, 0.3) is 0 Å². The number of ether oxygens (including phenoxy) is 2. The molecule has 0 unspecified atom stereocenters. The summed E-state index contributed by atoms with van der Waals surface area (Å²) in [7, 11) is 1.32. The van der Waals surface area contributed by atoms with E-state index in [-0.39, 0.29) is 11.7 Å². The van der Waals surface area contributed by atoms with Crippen LogP contribution in [-0.2, 0) is 23.9 Å². The molecule has 4 aliphatic rings. The van der Waals surface area contributed by atoms with Gasteiger partial charge in [0.05, 0.1) is 37.5 Å². The minimum Gasteiger partial charge on any atom is -0.469 e. The highest BCUT2D eigenvalue weighted by atomic mass is 16.5. The molecule has 4 aliphatic heterocycles. The van der Waals surface area contributed by atoms with Gasteiger partial charge >= 0.3 is 5.97 Å². The lowest BCUT2D eigenvalue weighted by atomic mass is 9.69. The van der Waals surface area contributed by atoms with Gasteiger partial charge in [-0.2, -0.15) is 0 Å². The fraction of sp³-hybridized carbons (Fsp3) is 0.550. The maximum atomic E-state index is 13.6. The zero-order valence-corrected chi connectivity index (χ0v) is 15.3. The fourth-order valence-corrected chi connectivity index (χ4v) is 5.77. The van der Waals surface area contributed by atoms with Crippen molar-refractivity contribution in [3.8, 4) is 0 Å². The number of nitrogens with zero attached hydrogens (tertiary/aromatic N) is 1. The minimum atomic E-state index is -0.972. The van der Waals surface area contributed by atoms with Crippen LogP contribution in [0.5, 0.6) is 0 Å². The summed E-state index contributed by atoms with van der Waals surface area (Å²) >= 11 is 0. The van der Waals surface area contributed by atoms with Crippen molar-refractivity contribution < 1.29 is 28.3 Å². The molecule has 3 saturated heterocycles. The van der Waals surface area contributed by atoms with E-state index in [0.717, 1.165) is 0 Å². The van der Waals surface area contributed by atoms with Crippen molar-refractivity contribution in [2.75, 3.05) is 7.11 Å². The van der Waals surface area contributed by atoms with Crippen LogP contribution < -0.4 is 0 Å². The summed E-state index contributed by atoms with van der Waals surface area (Å²) in [6.07, 6.45) is 4.76. The summed E-state index contributed by atoms with van der Waals surface area (Å²) < 4.78 is 16.8. The lowest BCUT2D eigenvalue weighted by Gasteiger charge is -2.46. The fourth-order valence-electron chi connectivity index (χ4n) is 5.77. The van der Waals surface area contributed by atoms with Crippen LogP contribution in [0, 0.1) is 23.7 Å². The molecule has 3 fully saturated rings. The Bertz CT molecular complexity index is 860. The van der Waals surface area contributed by atoms with Crippen molar-refractivity contribution in [2.24, 2.45) is 23.7 Å². The van der Waals surface area contributed by atoms with E-state index in [9.17, 15) is 14.4 Å². The van der Waals surface area contributed by atoms with E-state index in [2.05, 4.69) is 0 Å². The molecule has 1 amide bonds. The maximum Gasteiger partial charge on any atom is 0.312 e. The number of carbonyl (C=O) groups excluding carboxylic acids is 3. The second kappa shape index (κ2) is 5.32.